The van der Waals surface area contributed by atoms with Crippen LogP contribution in [0.2, 0.25) is 0 Å². The molecule has 2 aliphatic heterocycles. The standard InChI is InChI=1S/C12H23NO2/c14-10-12-2-1-5-13(9-12)8-11-3-6-15-7-4-11/h11-12,14H,1-10H2. The van der Waals surface area contributed by atoms with Gasteiger partial charge in [-0.15, -0.1) is 0 Å². The summed E-state index contributed by atoms with van der Waals surface area (Å²) in [6, 6.07) is 0. The molecule has 0 aromatic rings. The minimum Gasteiger partial charge on any atom is -0.396 e. The maximum atomic E-state index is 9.17. The minimum atomic E-state index is 0.365. The third-order valence-corrected chi connectivity index (χ3v) is 3.72. The van der Waals surface area contributed by atoms with Gasteiger partial charge in [-0.3, -0.25) is 0 Å². The number of nitrogens with zero attached hydrogens (tertiary/aromatic N) is 1. The van der Waals surface area contributed by atoms with Crippen molar-refractivity contribution >= 4 is 0 Å². The van der Waals surface area contributed by atoms with Crippen molar-refractivity contribution in [1.82, 2.24) is 4.90 Å². The number of hydrogen-bond donors (Lipinski definition) is 1. The van der Waals surface area contributed by atoms with E-state index in [1.54, 1.807) is 0 Å². The van der Waals surface area contributed by atoms with E-state index in [1.807, 2.05) is 0 Å². The molecular weight excluding hydrogens is 190 g/mol. The van der Waals surface area contributed by atoms with Crippen molar-refractivity contribution in [2.24, 2.45) is 11.8 Å². The van der Waals surface area contributed by atoms with Crippen LogP contribution in [0.4, 0.5) is 0 Å². The summed E-state index contributed by atoms with van der Waals surface area (Å²) in [7, 11) is 0. The average Bonchev–Trinajstić information content (AvgIpc) is 2.31. The normalized spacial score (nSPS) is 30.6. The highest BCUT2D eigenvalue weighted by Crippen LogP contribution is 2.21. The Bertz CT molecular complexity index is 180. The zero-order valence-electron chi connectivity index (χ0n) is 9.53. The van der Waals surface area contributed by atoms with E-state index in [4.69, 9.17) is 9.84 Å². The molecule has 3 nitrogen and oxygen atoms in total. The molecule has 0 aromatic carbocycles. The lowest BCUT2D eigenvalue weighted by Crippen LogP contribution is -2.40. The van der Waals surface area contributed by atoms with Crippen LogP contribution in [0.15, 0.2) is 0 Å². The average molecular weight is 213 g/mol. The van der Waals surface area contributed by atoms with Gasteiger partial charge in [-0.05, 0) is 44.1 Å². The van der Waals surface area contributed by atoms with E-state index in [0.717, 1.165) is 25.7 Å². The molecular formula is C12H23NO2. The van der Waals surface area contributed by atoms with Crippen molar-refractivity contribution in [3.8, 4) is 0 Å². The predicted octanol–water partition coefficient (Wildman–Crippen LogP) is 1.12. The van der Waals surface area contributed by atoms with Gasteiger partial charge >= 0.3 is 0 Å². The van der Waals surface area contributed by atoms with Crippen LogP contribution < -0.4 is 0 Å². The van der Waals surface area contributed by atoms with Crippen molar-refractivity contribution < 1.29 is 9.84 Å². The topological polar surface area (TPSA) is 32.7 Å². The van der Waals surface area contributed by atoms with E-state index in [1.165, 1.54) is 38.8 Å². The Labute approximate surface area is 92.4 Å². The molecule has 1 N–H and O–H groups in total. The summed E-state index contributed by atoms with van der Waals surface area (Å²) in [5, 5.41) is 9.17. The lowest BCUT2D eigenvalue weighted by Gasteiger charge is -2.35. The summed E-state index contributed by atoms with van der Waals surface area (Å²) in [4.78, 5) is 2.54. The van der Waals surface area contributed by atoms with Crippen LogP contribution in [0, 0.1) is 11.8 Å². The van der Waals surface area contributed by atoms with Gasteiger partial charge in [0.25, 0.3) is 0 Å². The molecule has 15 heavy (non-hydrogen) atoms. The first kappa shape index (κ1) is 11.4. The summed E-state index contributed by atoms with van der Waals surface area (Å²) >= 11 is 0. The van der Waals surface area contributed by atoms with Gasteiger partial charge in [0.15, 0.2) is 0 Å². The molecule has 0 bridgehead atoms. The van der Waals surface area contributed by atoms with Crippen LogP contribution in [0.5, 0.6) is 0 Å². The Morgan fingerprint density at radius 1 is 1.13 bits per heavy atom. The van der Waals surface area contributed by atoms with Gasteiger partial charge in [-0.25, -0.2) is 0 Å². The number of aliphatic hydroxyl groups is 1. The third kappa shape index (κ3) is 3.44. The molecule has 0 amide bonds. The molecule has 0 aromatic heterocycles. The zero-order chi connectivity index (χ0) is 10.5. The summed E-state index contributed by atoms with van der Waals surface area (Å²) in [6.45, 7) is 5.82. The molecule has 2 heterocycles. The lowest BCUT2D eigenvalue weighted by molar-refractivity contribution is 0.0406. The van der Waals surface area contributed by atoms with Crippen molar-refractivity contribution in [3.63, 3.8) is 0 Å². The summed E-state index contributed by atoms with van der Waals surface area (Å²) in [5.41, 5.74) is 0. The van der Waals surface area contributed by atoms with Crippen LogP contribution in [0.3, 0.4) is 0 Å². The Morgan fingerprint density at radius 2 is 1.93 bits per heavy atom. The number of rotatable bonds is 3. The van der Waals surface area contributed by atoms with Gasteiger partial charge in [0, 0.05) is 32.9 Å². The molecule has 2 aliphatic rings. The fraction of sp³-hybridized carbons (Fsp3) is 1.00. The van der Waals surface area contributed by atoms with Crippen LogP contribution >= 0.6 is 0 Å². The number of ether oxygens (including phenoxy) is 1. The molecule has 0 saturated carbocycles. The third-order valence-electron chi connectivity index (χ3n) is 3.72. The predicted molar refractivity (Wildman–Crippen MR) is 59.8 cm³/mol. The first-order valence-electron chi connectivity index (χ1n) is 6.29. The first-order valence-corrected chi connectivity index (χ1v) is 6.29. The van der Waals surface area contributed by atoms with Gasteiger partial charge in [0.1, 0.15) is 0 Å². The van der Waals surface area contributed by atoms with Crippen molar-refractivity contribution in [2.75, 3.05) is 39.5 Å². The van der Waals surface area contributed by atoms with E-state index in [9.17, 15) is 0 Å². The van der Waals surface area contributed by atoms with E-state index < -0.39 is 0 Å². The highest BCUT2D eigenvalue weighted by Gasteiger charge is 2.22. The van der Waals surface area contributed by atoms with E-state index in [-0.39, 0.29) is 0 Å². The Morgan fingerprint density at radius 3 is 2.67 bits per heavy atom. The van der Waals surface area contributed by atoms with Gasteiger partial charge in [0.2, 0.25) is 0 Å². The summed E-state index contributed by atoms with van der Waals surface area (Å²) in [5.74, 6) is 1.36. The molecule has 1 atom stereocenters. The second kappa shape index (κ2) is 5.83. The number of likely N-dealkylation sites (tertiary alicyclic amines) is 1. The largest absolute Gasteiger partial charge is 0.396 e. The maximum absolute atomic E-state index is 9.17. The van der Waals surface area contributed by atoms with Crippen molar-refractivity contribution in [3.05, 3.63) is 0 Å². The fourth-order valence-corrected chi connectivity index (χ4v) is 2.76. The quantitative estimate of drug-likeness (QED) is 0.762. The van der Waals surface area contributed by atoms with E-state index in [2.05, 4.69) is 4.90 Å². The van der Waals surface area contributed by atoms with Crippen molar-refractivity contribution in [2.45, 2.75) is 25.7 Å². The monoisotopic (exact) mass is 213 g/mol. The maximum Gasteiger partial charge on any atom is 0.0471 e. The Hall–Kier alpha value is -0.120. The number of aliphatic hydroxyl groups excluding tert-OH is 1. The van der Waals surface area contributed by atoms with Crippen LogP contribution in [-0.2, 0) is 4.74 Å². The summed E-state index contributed by atoms with van der Waals surface area (Å²) in [6.07, 6.45) is 4.91. The molecule has 3 heteroatoms. The Balaban J connectivity index is 1.72. The van der Waals surface area contributed by atoms with Gasteiger partial charge in [0.05, 0.1) is 0 Å². The molecule has 0 aliphatic carbocycles. The van der Waals surface area contributed by atoms with Gasteiger partial charge < -0.3 is 14.7 Å². The second-order valence-electron chi connectivity index (χ2n) is 5.01. The molecule has 0 radical (unpaired) electrons. The molecule has 0 spiro atoms. The fourth-order valence-electron chi connectivity index (χ4n) is 2.76. The molecule has 2 rings (SSSR count). The lowest BCUT2D eigenvalue weighted by atomic mass is 9.95. The minimum absolute atomic E-state index is 0.365. The van der Waals surface area contributed by atoms with E-state index in [0.29, 0.717) is 12.5 Å². The first-order chi connectivity index (χ1) is 7.38. The van der Waals surface area contributed by atoms with Crippen LogP contribution in [0.25, 0.3) is 0 Å². The molecule has 2 saturated heterocycles. The number of hydrogen-bond acceptors (Lipinski definition) is 3. The van der Waals surface area contributed by atoms with Crippen LogP contribution in [0.1, 0.15) is 25.7 Å². The SMILES string of the molecule is OCC1CCCN(CC2CCOCC2)C1. The van der Waals surface area contributed by atoms with Crippen molar-refractivity contribution in [1.29, 1.82) is 0 Å². The Kier molecular flexibility index (Phi) is 4.42. The zero-order valence-corrected chi connectivity index (χ0v) is 9.53. The molecule has 2 fully saturated rings. The highest BCUT2D eigenvalue weighted by molar-refractivity contribution is 4.75. The molecule has 1 unspecified atom stereocenters. The summed E-state index contributed by atoms with van der Waals surface area (Å²) < 4.78 is 5.37. The molecule has 88 valence electrons. The van der Waals surface area contributed by atoms with E-state index >= 15 is 0 Å². The highest BCUT2D eigenvalue weighted by atomic mass is 16.5. The van der Waals surface area contributed by atoms with Gasteiger partial charge in [-0.1, -0.05) is 0 Å². The number of piperidine rings is 1. The van der Waals surface area contributed by atoms with Crippen LogP contribution in [-0.4, -0.2) is 49.5 Å². The smallest absolute Gasteiger partial charge is 0.0471 e. The second-order valence-corrected chi connectivity index (χ2v) is 5.01. The van der Waals surface area contributed by atoms with Gasteiger partial charge in [-0.2, -0.15) is 0 Å².